The van der Waals surface area contributed by atoms with Gasteiger partial charge in [-0.1, -0.05) is 42.5 Å². The largest absolute Gasteiger partial charge is 0.484 e. The molecule has 0 fully saturated rings. The van der Waals surface area contributed by atoms with Crippen molar-refractivity contribution in [1.29, 1.82) is 0 Å². The highest BCUT2D eigenvalue weighted by Gasteiger charge is 2.11. The van der Waals surface area contributed by atoms with E-state index in [1.807, 2.05) is 37.3 Å². The van der Waals surface area contributed by atoms with Crippen molar-refractivity contribution in [3.8, 4) is 5.75 Å². The zero-order valence-corrected chi connectivity index (χ0v) is 16.5. The van der Waals surface area contributed by atoms with E-state index in [9.17, 15) is 9.59 Å². The molecule has 6 heteroatoms. The number of hydrogen-bond donors (Lipinski definition) is 2. The molecule has 0 saturated carbocycles. The third kappa shape index (κ3) is 5.72. The van der Waals surface area contributed by atoms with Crippen molar-refractivity contribution in [2.45, 2.75) is 19.9 Å². The maximum Gasteiger partial charge on any atom is 0.411 e. The Balaban J connectivity index is 1.54. The minimum Gasteiger partial charge on any atom is -0.484 e. The lowest BCUT2D eigenvalue weighted by atomic mass is 10.0. The quantitative estimate of drug-likeness (QED) is 0.613. The van der Waals surface area contributed by atoms with Crippen molar-refractivity contribution in [2.24, 2.45) is 0 Å². The zero-order valence-electron chi connectivity index (χ0n) is 16.5. The maximum absolute atomic E-state index is 12.3. The molecule has 2 N–H and O–H groups in total. The van der Waals surface area contributed by atoms with Crippen LogP contribution < -0.4 is 15.4 Å². The molecule has 150 valence electrons. The molecule has 3 aromatic rings. The second kappa shape index (κ2) is 9.59. The second-order valence-corrected chi connectivity index (χ2v) is 6.56. The number of fused-ring (bicyclic) bond motifs is 1. The Morgan fingerprint density at radius 3 is 2.55 bits per heavy atom. The molecule has 6 nitrogen and oxygen atoms in total. The molecule has 0 heterocycles. The van der Waals surface area contributed by atoms with Gasteiger partial charge in [0.2, 0.25) is 0 Å². The van der Waals surface area contributed by atoms with Gasteiger partial charge in [0.25, 0.3) is 5.91 Å². The van der Waals surface area contributed by atoms with Gasteiger partial charge < -0.3 is 14.8 Å². The van der Waals surface area contributed by atoms with E-state index < -0.39 is 6.09 Å². The molecule has 0 aliphatic carbocycles. The SMILES string of the molecule is CCOC(=O)Nc1cccc(OCC(=O)NC(C)c2ccc3ccccc3c2)c1. The summed E-state index contributed by atoms with van der Waals surface area (Å²) in [4.78, 5) is 23.8. The molecule has 1 unspecified atom stereocenters. The van der Waals surface area contributed by atoms with E-state index in [1.54, 1.807) is 31.2 Å². The molecular formula is C23H24N2O4. The van der Waals surface area contributed by atoms with Crippen LogP contribution in [0.5, 0.6) is 5.75 Å². The molecule has 2 amide bonds. The predicted octanol–water partition coefficient (Wildman–Crippen LogP) is 4.66. The molecule has 0 bridgehead atoms. The zero-order chi connectivity index (χ0) is 20.6. The molecule has 29 heavy (non-hydrogen) atoms. The number of benzene rings is 3. The van der Waals surface area contributed by atoms with Crippen LogP contribution in [0.1, 0.15) is 25.5 Å². The van der Waals surface area contributed by atoms with Crippen molar-refractivity contribution < 1.29 is 19.1 Å². The number of anilines is 1. The van der Waals surface area contributed by atoms with E-state index in [-0.39, 0.29) is 25.2 Å². The van der Waals surface area contributed by atoms with Crippen LogP contribution in [0.3, 0.4) is 0 Å². The van der Waals surface area contributed by atoms with Crippen LogP contribution in [-0.2, 0) is 9.53 Å². The van der Waals surface area contributed by atoms with Gasteiger partial charge in [0.05, 0.1) is 12.6 Å². The van der Waals surface area contributed by atoms with Crippen LogP contribution >= 0.6 is 0 Å². The van der Waals surface area contributed by atoms with Crippen LogP contribution in [0.4, 0.5) is 10.5 Å². The van der Waals surface area contributed by atoms with Gasteiger partial charge in [0.15, 0.2) is 6.61 Å². The monoisotopic (exact) mass is 392 g/mol. The van der Waals surface area contributed by atoms with Crippen molar-refractivity contribution in [1.82, 2.24) is 5.32 Å². The van der Waals surface area contributed by atoms with Crippen molar-refractivity contribution in [2.75, 3.05) is 18.5 Å². The van der Waals surface area contributed by atoms with Crippen LogP contribution in [0, 0.1) is 0 Å². The summed E-state index contributed by atoms with van der Waals surface area (Å²) in [5.41, 5.74) is 1.56. The van der Waals surface area contributed by atoms with E-state index in [1.165, 1.54) is 0 Å². The number of carbonyl (C=O) groups excluding carboxylic acids is 2. The molecule has 0 spiro atoms. The molecule has 0 saturated heterocycles. The number of nitrogens with one attached hydrogen (secondary N) is 2. The highest BCUT2D eigenvalue weighted by Crippen LogP contribution is 2.21. The minimum absolute atomic E-state index is 0.124. The fourth-order valence-corrected chi connectivity index (χ4v) is 2.94. The molecule has 0 aromatic heterocycles. The molecule has 0 aliphatic rings. The first-order valence-electron chi connectivity index (χ1n) is 9.50. The van der Waals surface area contributed by atoms with Crippen molar-refractivity contribution in [3.05, 3.63) is 72.3 Å². The van der Waals surface area contributed by atoms with Gasteiger partial charge in [-0.25, -0.2) is 4.79 Å². The fourth-order valence-electron chi connectivity index (χ4n) is 2.94. The number of amides is 2. The van der Waals surface area contributed by atoms with Crippen molar-refractivity contribution in [3.63, 3.8) is 0 Å². The van der Waals surface area contributed by atoms with Crippen molar-refractivity contribution >= 4 is 28.5 Å². The normalized spacial score (nSPS) is 11.5. The van der Waals surface area contributed by atoms with Gasteiger partial charge in [-0.15, -0.1) is 0 Å². The first-order chi connectivity index (χ1) is 14.0. The Kier molecular flexibility index (Phi) is 6.68. The summed E-state index contributed by atoms with van der Waals surface area (Å²) in [6, 6.07) is 20.9. The average Bonchev–Trinajstić information content (AvgIpc) is 2.72. The highest BCUT2D eigenvalue weighted by molar-refractivity contribution is 5.85. The lowest BCUT2D eigenvalue weighted by Crippen LogP contribution is -2.31. The van der Waals surface area contributed by atoms with Crippen LogP contribution in [0.15, 0.2) is 66.7 Å². The standard InChI is InChI=1S/C23H24N2O4/c1-3-28-23(27)25-20-9-6-10-21(14-20)29-15-22(26)24-16(2)18-12-11-17-7-4-5-8-19(17)13-18/h4-14,16H,3,15H2,1-2H3,(H,24,26)(H,25,27). The summed E-state index contributed by atoms with van der Waals surface area (Å²) in [6.07, 6.45) is -0.536. The first-order valence-corrected chi connectivity index (χ1v) is 9.50. The number of hydrogen-bond acceptors (Lipinski definition) is 4. The van der Waals surface area contributed by atoms with Gasteiger partial charge >= 0.3 is 6.09 Å². The summed E-state index contributed by atoms with van der Waals surface area (Å²) >= 11 is 0. The molecule has 3 rings (SSSR count). The fraction of sp³-hybridized carbons (Fsp3) is 0.217. The number of carbonyl (C=O) groups is 2. The Morgan fingerprint density at radius 1 is 0.966 bits per heavy atom. The van der Waals surface area contributed by atoms with E-state index in [0.29, 0.717) is 11.4 Å². The van der Waals surface area contributed by atoms with Crippen LogP contribution in [0.2, 0.25) is 0 Å². The maximum atomic E-state index is 12.3. The summed E-state index contributed by atoms with van der Waals surface area (Å²) in [7, 11) is 0. The van der Waals surface area contributed by atoms with Gasteiger partial charge in [0, 0.05) is 11.8 Å². The van der Waals surface area contributed by atoms with Gasteiger partial charge in [0.1, 0.15) is 5.75 Å². The van der Waals surface area contributed by atoms with E-state index in [2.05, 4.69) is 22.8 Å². The van der Waals surface area contributed by atoms with E-state index in [0.717, 1.165) is 16.3 Å². The average molecular weight is 392 g/mol. The Bertz CT molecular complexity index is 1000. The van der Waals surface area contributed by atoms with Gasteiger partial charge in [-0.3, -0.25) is 10.1 Å². The summed E-state index contributed by atoms with van der Waals surface area (Å²) in [5.74, 6) is 0.252. The predicted molar refractivity (Wildman–Crippen MR) is 113 cm³/mol. The molecule has 3 aromatic carbocycles. The lowest BCUT2D eigenvalue weighted by molar-refractivity contribution is -0.123. The third-order valence-electron chi connectivity index (χ3n) is 4.38. The van der Waals surface area contributed by atoms with Gasteiger partial charge in [-0.2, -0.15) is 0 Å². The van der Waals surface area contributed by atoms with E-state index >= 15 is 0 Å². The third-order valence-corrected chi connectivity index (χ3v) is 4.38. The lowest BCUT2D eigenvalue weighted by Gasteiger charge is -2.16. The Morgan fingerprint density at radius 2 is 1.76 bits per heavy atom. The smallest absolute Gasteiger partial charge is 0.411 e. The number of rotatable bonds is 7. The molecule has 1 atom stereocenters. The molecule has 0 radical (unpaired) electrons. The molecule has 0 aliphatic heterocycles. The Labute approximate surface area is 169 Å². The van der Waals surface area contributed by atoms with Crippen LogP contribution in [0.25, 0.3) is 10.8 Å². The topological polar surface area (TPSA) is 76.7 Å². The minimum atomic E-state index is -0.536. The summed E-state index contributed by atoms with van der Waals surface area (Å²) < 4.78 is 10.4. The molecular weight excluding hydrogens is 368 g/mol. The van der Waals surface area contributed by atoms with Crippen LogP contribution in [-0.4, -0.2) is 25.2 Å². The first kappa shape index (κ1) is 20.2. The second-order valence-electron chi connectivity index (χ2n) is 6.56. The number of ether oxygens (including phenoxy) is 2. The summed E-state index contributed by atoms with van der Waals surface area (Å²) in [5, 5.41) is 7.83. The van der Waals surface area contributed by atoms with Gasteiger partial charge in [-0.05, 0) is 48.4 Å². The Hall–Kier alpha value is -3.54. The highest BCUT2D eigenvalue weighted by atomic mass is 16.5. The van der Waals surface area contributed by atoms with E-state index in [4.69, 9.17) is 9.47 Å². The summed E-state index contributed by atoms with van der Waals surface area (Å²) in [6.45, 7) is 3.83.